The SMILES string of the molecule is CCOc1ccc(C(=O)OCC(=O)NC2(C)CCS(=O)(=O)C2)cc1OC. The molecule has 0 saturated carbocycles. The van der Waals surface area contributed by atoms with Crippen LogP contribution in [0.2, 0.25) is 0 Å². The van der Waals surface area contributed by atoms with E-state index in [9.17, 15) is 18.0 Å². The number of carbonyl (C=O) groups is 2. The van der Waals surface area contributed by atoms with Crippen molar-refractivity contribution < 1.29 is 32.2 Å². The van der Waals surface area contributed by atoms with E-state index in [0.29, 0.717) is 24.5 Å². The third-order valence-corrected chi connectivity index (χ3v) is 5.88. The molecule has 2 rings (SSSR count). The Morgan fingerprint density at radius 3 is 2.58 bits per heavy atom. The highest BCUT2D eigenvalue weighted by molar-refractivity contribution is 7.91. The summed E-state index contributed by atoms with van der Waals surface area (Å²) in [6, 6.07) is 4.57. The lowest BCUT2D eigenvalue weighted by Crippen LogP contribution is -2.48. The van der Waals surface area contributed by atoms with Crippen LogP contribution >= 0.6 is 0 Å². The highest BCUT2D eigenvalue weighted by atomic mass is 32.2. The molecule has 1 aliphatic heterocycles. The lowest BCUT2D eigenvalue weighted by Gasteiger charge is -2.23. The number of rotatable bonds is 7. The van der Waals surface area contributed by atoms with Crippen LogP contribution in [0.15, 0.2) is 18.2 Å². The molecule has 144 valence electrons. The molecule has 0 aliphatic carbocycles. The molecule has 8 nitrogen and oxygen atoms in total. The molecule has 0 radical (unpaired) electrons. The molecule has 1 N–H and O–H groups in total. The normalized spacial score (nSPS) is 21.0. The summed E-state index contributed by atoms with van der Waals surface area (Å²) in [6.45, 7) is 3.45. The second-order valence-electron chi connectivity index (χ2n) is 6.33. The van der Waals surface area contributed by atoms with Gasteiger partial charge in [-0.2, -0.15) is 0 Å². The minimum absolute atomic E-state index is 0.0372. The van der Waals surface area contributed by atoms with Gasteiger partial charge in [-0.3, -0.25) is 4.79 Å². The molecule has 1 amide bonds. The third kappa shape index (κ3) is 5.10. The van der Waals surface area contributed by atoms with Crippen molar-refractivity contribution in [3.05, 3.63) is 23.8 Å². The first kappa shape index (κ1) is 20.0. The largest absolute Gasteiger partial charge is 0.493 e. The molecule has 1 atom stereocenters. The quantitative estimate of drug-likeness (QED) is 0.696. The van der Waals surface area contributed by atoms with Crippen molar-refractivity contribution >= 4 is 21.7 Å². The molecule has 1 aromatic rings. The summed E-state index contributed by atoms with van der Waals surface area (Å²) >= 11 is 0. The molecule has 0 spiro atoms. The summed E-state index contributed by atoms with van der Waals surface area (Å²) in [5, 5.41) is 2.63. The predicted molar refractivity (Wildman–Crippen MR) is 94.3 cm³/mol. The summed E-state index contributed by atoms with van der Waals surface area (Å²) in [5.41, 5.74) is -0.613. The van der Waals surface area contributed by atoms with Gasteiger partial charge in [-0.05, 0) is 38.5 Å². The van der Waals surface area contributed by atoms with Crippen molar-refractivity contribution in [2.24, 2.45) is 0 Å². The lowest BCUT2D eigenvalue weighted by molar-refractivity contribution is -0.125. The summed E-state index contributed by atoms with van der Waals surface area (Å²) in [5.74, 6) is -0.429. The molecule has 1 aliphatic rings. The number of amides is 1. The van der Waals surface area contributed by atoms with E-state index in [1.165, 1.54) is 19.2 Å². The molecule has 0 bridgehead atoms. The zero-order chi connectivity index (χ0) is 19.4. The standard InChI is InChI=1S/C17H23NO7S/c1-4-24-13-6-5-12(9-14(13)23-3)16(20)25-10-15(19)18-17(2)7-8-26(21,22)11-17/h5-6,9H,4,7-8,10-11H2,1-3H3,(H,18,19). The summed E-state index contributed by atoms with van der Waals surface area (Å²) in [6.07, 6.45) is 0.338. The van der Waals surface area contributed by atoms with Gasteiger partial charge in [0.15, 0.2) is 27.9 Å². The Kier molecular flexibility index (Phi) is 6.12. The molecule has 1 unspecified atom stereocenters. The van der Waals surface area contributed by atoms with Gasteiger partial charge >= 0.3 is 5.97 Å². The highest BCUT2D eigenvalue weighted by Gasteiger charge is 2.39. The van der Waals surface area contributed by atoms with E-state index >= 15 is 0 Å². The molecule has 9 heteroatoms. The van der Waals surface area contributed by atoms with E-state index in [1.807, 2.05) is 6.92 Å². The smallest absolute Gasteiger partial charge is 0.338 e. The van der Waals surface area contributed by atoms with E-state index in [2.05, 4.69) is 5.32 Å². The van der Waals surface area contributed by atoms with Gasteiger partial charge in [0, 0.05) is 0 Å². The van der Waals surface area contributed by atoms with Crippen LogP contribution in [0.5, 0.6) is 11.5 Å². The highest BCUT2D eigenvalue weighted by Crippen LogP contribution is 2.28. The van der Waals surface area contributed by atoms with Gasteiger partial charge in [0.25, 0.3) is 5.91 Å². The lowest BCUT2D eigenvalue weighted by atomic mass is 10.0. The number of hydrogen-bond donors (Lipinski definition) is 1. The maximum atomic E-state index is 12.1. The minimum atomic E-state index is -3.14. The van der Waals surface area contributed by atoms with Crippen molar-refractivity contribution in [1.29, 1.82) is 0 Å². The van der Waals surface area contributed by atoms with Gasteiger partial charge in [0.1, 0.15) is 0 Å². The predicted octanol–water partition coefficient (Wildman–Crippen LogP) is 0.944. The van der Waals surface area contributed by atoms with Gasteiger partial charge in [0.2, 0.25) is 0 Å². The van der Waals surface area contributed by atoms with Crippen molar-refractivity contribution in [3.63, 3.8) is 0 Å². The number of esters is 1. The zero-order valence-electron chi connectivity index (χ0n) is 15.0. The number of benzene rings is 1. The van der Waals surface area contributed by atoms with Gasteiger partial charge in [-0.15, -0.1) is 0 Å². The number of ether oxygens (including phenoxy) is 3. The van der Waals surface area contributed by atoms with E-state index in [4.69, 9.17) is 14.2 Å². The Morgan fingerprint density at radius 1 is 1.27 bits per heavy atom. The monoisotopic (exact) mass is 385 g/mol. The Balaban J connectivity index is 1.93. The molecular weight excluding hydrogens is 362 g/mol. The Labute approximate surface area is 152 Å². The van der Waals surface area contributed by atoms with Crippen LogP contribution in [0.4, 0.5) is 0 Å². The van der Waals surface area contributed by atoms with Crippen molar-refractivity contribution in [3.8, 4) is 11.5 Å². The Hall–Kier alpha value is -2.29. The number of nitrogens with one attached hydrogen (secondary N) is 1. The molecular formula is C17H23NO7S. The number of methoxy groups -OCH3 is 1. The van der Waals surface area contributed by atoms with E-state index in [-0.39, 0.29) is 17.1 Å². The van der Waals surface area contributed by atoms with Gasteiger partial charge in [0.05, 0.1) is 36.3 Å². The molecule has 0 aromatic heterocycles. The van der Waals surface area contributed by atoms with Gasteiger partial charge < -0.3 is 19.5 Å². The average Bonchev–Trinajstić information content (AvgIpc) is 2.86. The number of sulfone groups is 1. The average molecular weight is 385 g/mol. The molecule has 1 saturated heterocycles. The second kappa shape index (κ2) is 7.94. The molecule has 1 fully saturated rings. The van der Waals surface area contributed by atoms with Crippen LogP contribution < -0.4 is 14.8 Å². The first-order chi connectivity index (χ1) is 12.2. The summed E-state index contributed by atoms with van der Waals surface area (Å²) in [4.78, 5) is 24.1. The second-order valence-corrected chi connectivity index (χ2v) is 8.51. The fraction of sp³-hybridized carbons (Fsp3) is 0.529. The Bertz CT molecular complexity index is 790. The van der Waals surface area contributed by atoms with E-state index in [0.717, 1.165) is 0 Å². The van der Waals surface area contributed by atoms with Crippen LogP contribution in [0.25, 0.3) is 0 Å². The third-order valence-electron chi connectivity index (χ3n) is 3.98. The fourth-order valence-corrected chi connectivity index (χ4v) is 4.86. The maximum Gasteiger partial charge on any atom is 0.338 e. The van der Waals surface area contributed by atoms with Crippen molar-refractivity contribution in [2.45, 2.75) is 25.8 Å². The van der Waals surface area contributed by atoms with Crippen LogP contribution in [0.1, 0.15) is 30.6 Å². The van der Waals surface area contributed by atoms with Crippen LogP contribution in [0.3, 0.4) is 0 Å². The van der Waals surface area contributed by atoms with E-state index in [1.54, 1.807) is 13.0 Å². The first-order valence-corrected chi connectivity index (χ1v) is 9.99. The van der Waals surface area contributed by atoms with Gasteiger partial charge in [-0.25, -0.2) is 13.2 Å². The Morgan fingerprint density at radius 2 is 2.00 bits per heavy atom. The molecule has 1 aromatic carbocycles. The van der Waals surface area contributed by atoms with Crippen LogP contribution in [-0.2, 0) is 19.4 Å². The molecule has 1 heterocycles. The topological polar surface area (TPSA) is 108 Å². The first-order valence-electron chi connectivity index (χ1n) is 8.17. The van der Waals surface area contributed by atoms with Crippen molar-refractivity contribution in [1.82, 2.24) is 5.32 Å². The van der Waals surface area contributed by atoms with Gasteiger partial charge in [-0.1, -0.05) is 0 Å². The van der Waals surface area contributed by atoms with Crippen molar-refractivity contribution in [2.75, 3.05) is 31.8 Å². The summed E-state index contributed by atoms with van der Waals surface area (Å²) in [7, 11) is -1.68. The molecule has 26 heavy (non-hydrogen) atoms. The fourth-order valence-electron chi connectivity index (χ4n) is 2.77. The number of carbonyl (C=O) groups excluding carboxylic acids is 2. The van der Waals surface area contributed by atoms with Crippen LogP contribution in [0, 0.1) is 0 Å². The zero-order valence-corrected chi connectivity index (χ0v) is 15.9. The summed E-state index contributed by atoms with van der Waals surface area (Å²) < 4.78 is 38.6. The van der Waals surface area contributed by atoms with E-state index < -0.39 is 33.9 Å². The number of hydrogen-bond acceptors (Lipinski definition) is 7. The van der Waals surface area contributed by atoms with Crippen LogP contribution in [-0.4, -0.2) is 57.7 Å². The maximum absolute atomic E-state index is 12.1. The minimum Gasteiger partial charge on any atom is -0.493 e.